The van der Waals surface area contributed by atoms with Gasteiger partial charge in [0, 0.05) is 36.3 Å². The largest absolute Gasteiger partial charge is 0.480 e. The van der Waals surface area contributed by atoms with Crippen molar-refractivity contribution in [1.29, 1.82) is 0 Å². The molecule has 1 aromatic carbocycles. The lowest BCUT2D eigenvalue weighted by Crippen LogP contribution is -2.45. The lowest BCUT2D eigenvalue weighted by atomic mass is 10.0. The summed E-state index contributed by atoms with van der Waals surface area (Å²) in [6, 6.07) is 4.66. The van der Waals surface area contributed by atoms with Gasteiger partial charge in [0.1, 0.15) is 19.0 Å². The van der Waals surface area contributed by atoms with Crippen LogP contribution in [0.2, 0.25) is 5.02 Å². The Kier molecular flexibility index (Phi) is 6.96. The Morgan fingerprint density at radius 1 is 1.33 bits per heavy atom. The summed E-state index contributed by atoms with van der Waals surface area (Å²) in [5.74, 6) is -1.75. The van der Waals surface area contributed by atoms with Crippen LogP contribution < -0.4 is 5.32 Å². The molecule has 1 aromatic rings. The number of nitrogens with one attached hydrogen (secondary N) is 1. The number of carboxylic acids is 1. The zero-order valence-electron chi connectivity index (χ0n) is 13.1. The Hall–Kier alpha value is -1.70. The molecule has 0 spiro atoms. The number of nitrogens with zero attached hydrogens (tertiary/aromatic N) is 1. The number of aliphatic carboxylic acids is 1. The van der Waals surface area contributed by atoms with Gasteiger partial charge in [-0.1, -0.05) is 17.7 Å². The van der Waals surface area contributed by atoms with Crippen molar-refractivity contribution in [2.45, 2.75) is 25.4 Å². The summed E-state index contributed by atoms with van der Waals surface area (Å²) in [6.45, 7) is 1.11. The molecule has 2 rings (SSSR count). The van der Waals surface area contributed by atoms with Crippen LogP contribution in [0.5, 0.6) is 0 Å². The fraction of sp³-hybridized carbons (Fsp3) is 0.500. The van der Waals surface area contributed by atoms with E-state index in [1.165, 1.54) is 6.07 Å². The molecule has 0 aliphatic carbocycles. The van der Waals surface area contributed by atoms with E-state index >= 15 is 0 Å². The van der Waals surface area contributed by atoms with E-state index in [1.54, 1.807) is 12.1 Å². The fourth-order valence-corrected chi connectivity index (χ4v) is 2.87. The van der Waals surface area contributed by atoms with Crippen molar-refractivity contribution < 1.29 is 23.8 Å². The highest BCUT2D eigenvalue weighted by atomic mass is 35.5. The number of carboxylic acid groups (broad SMARTS) is 1. The Balaban J connectivity index is 1.73. The number of halogens is 2. The number of amides is 1. The Morgan fingerprint density at radius 3 is 2.67 bits per heavy atom. The van der Waals surface area contributed by atoms with Crippen LogP contribution in [-0.2, 0) is 20.9 Å². The van der Waals surface area contributed by atoms with E-state index in [4.69, 9.17) is 21.4 Å². The third-order valence-electron chi connectivity index (χ3n) is 3.85. The molecule has 8 heteroatoms. The number of benzene rings is 1. The average Bonchev–Trinajstić information content (AvgIpc) is 2.52. The van der Waals surface area contributed by atoms with Crippen LogP contribution >= 0.6 is 11.6 Å². The summed E-state index contributed by atoms with van der Waals surface area (Å²) >= 11 is 6.04. The van der Waals surface area contributed by atoms with Crippen LogP contribution in [0.4, 0.5) is 4.39 Å². The minimum absolute atomic E-state index is 0.0123. The van der Waals surface area contributed by atoms with Gasteiger partial charge in [0.25, 0.3) is 0 Å². The molecule has 1 saturated heterocycles. The Labute approximate surface area is 144 Å². The summed E-state index contributed by atoms with van der Waals surface area (Å²) < 4.78 is 18.6. The van der Waals surface area contributed by atoms with Crippen LogP contribution in [0.25, 0.3) is 0 Å². The van der Waals surface area contributed by atoms with Crippen LogP contribution in [0.3, 0.4) is 0 Å². The monoisotopic (exact) mass is 358 g/mol. The van der Waals surface area contributed by atoms with Gasteiger partial charge in [-0.15, -0.1) is 0 Å². The molecule has 24 heavy (non-hydrogen) atoms. The number of carbonyl (C=O) groups excluding carboxylic acids is 1. The molecule has 0 aromatic heterocycles. The first kappa shape index (κ1) is 18.6. The molecule has 0 bridgehead atoms. The maximum Gasteiger partial charge on any atom is 0.329 e. The van der Waals surface area contributed by atoms with Crippen LogP contribution in [0, 0.1) is 5.82 Å². The standard InChI is InChI=1S/C16H20ClFN2O4/c17-13-2-1-3-14(18)12(13)8-20-6-4-11(5-7-20)19-15(21)9-24-10-16(22)23/h1-3,11H,4-10H2,(H,19,21)(H,22,23). The zero-order valence-corrected chi connectivity index (χ0v) is 13.9. The van der Waals surface area contributed by atoms with Crippen molar-refractivity contribution in [3.05, 3.63) is 34.6 Å². The summed E-state index contributed by atoms with van der Waals surface area (Å²) in [5.41, 5.74) is 0.490. The van der Waals surface area contributed by atoms with E-state index < -0.39 is 12.6 Å². The predicted octanol–water partition coefficient (Wildman–Crippen LogP) is 1.66. The second-order valence-electron chi connectivity index (χ2n) is 5.70. The number of likely N-dealkylation sites (tertiary alicyclic amines) is 1. The van der Waals surface area contributed by atoms with Gasteiger partial charge in [0.15, 0.2) is 0 Å². The number of piperidine rings is 1. The number of rotatable bonds is 7. The Morgan fingerprint density at radius 2 is 2.04 bits per heavy atom. The van der Waals surface area contributed by atoms with E-state index in [2.05, 4.69) is 10.2 Å². The molecule has 0 saturated carbocycles. The summed E-state index contributed by atoms with van der Waals surface area (Å²) in [4.78, 5) is 24.0. The molecule has 1 amide bonds. The first-order valence-corrected chi connectivity index (χ1v) is 8.07. The molecule has 1 aliphatic rings. The Bertz CT molecular complexity index is 571. The predicted molar refractivity (Wildman–Crippen MR) is 86.3 cm³/mol. The van der Waals surface area contributed by atoms with Crippen LogP contribution in [0.1, 0.15) is 18.4 Å². The van der Waals surface area contributed by atoms with Gasteiger partial charge >= 0.3 is 5.97 Å². The minimum atomic E-state index is -1.11. The molecule has 1 fully saturated rings. The van der Waals surface area contributed by atoms with Crippen molar-refractivity contribution >= 4 is 23.5 Å². The smallest absolute Gasteiger partial charge is 0.329 e. The lowest BCUT2D eigenvalue weighted by molar-refractivity contribution is -0.143. The number of hydrogen-bond acceptors (Lipinski definition) is 4. The van der Waals surface area contributed by atoms with Gasteiger partial charge in [-0.25, -0.2) is 9.18 Å². The number of ether oxygens (including phenoxy) is 1. The molecule has 132 valence electrons. The van der Waals surface area contributed by atoms with Crippen LogP contribution in [0.15, 0.2) is 18.2 Å². The molecule has 0 radical (unpaired) electrons. The molecular formula is C16H20ClFN2O4. The average molecular weight is 359 g/mol. The molecule has 1 aliphatic heterocycles. The molecule has 0 unspecified atom stereocenters. The van der Waals surface area contributed by atoms with E-state index in [0.29, 0.717) is 30.2 Å². The second kappa shape index (κ2) is 8.96. The molecule has 0 atom stereocenters. The maximum atomic E-state index is 13.8. The van der Waals surface area contributed by atoms with Crippen molar-refractivity contribution in [3.8, 4) is 0 Å². The second-order valence-corrected chi connectivity index (χ2v) is 6.11. The minimum Gasteiger partial charge on any atom is -0.480 e. The summed E-state index contributed by atoms with van der Waals surface area (Å²) in [5, 5.41) is 11.7. The summed E-state index contributed by atoms with van der Waals surface area (Å²) in [7, 11) is 0. The van der Waals surface area contributed by atoms with Gasteiger partial charge in [-0.3, -0.25) is 9.69 Å². The van der Waals surface area contributed by atoms with Crippen molar-refractivity contribution in [3.63, 3.8) is 0 Å². The number of carbonyl (C=O) groups is 2. The first-order chi connectivity index (χ1) is 11.5. The van der Waals surface area contributed by atoms with E-state index in [9.17, 15) is 14.0 Å². The quantitative estimate of drug-likeness (QED) is 0.775. The van der Waals surface area contributed by atoms with Crippen LogP contribution in [-0.4, -0.2) is 54.2 Å². The molecule has 1 heterocycles. The molecular weight excluding hydrogens is 339 g/mol. The maximum absolute atomic E-state index is 13.8. The van der Waals surface area contributed by atoms with E-state index in [1.807, 2.05) is 0 Å². The van der Waals surface area contributed by atoms with E-state index in [0.717, 1.165) is 12.8 Å². The number of hydrogen-bond donors (Lipinski definition) is 2. The first-order valence-electron chi connectivity index (χ1n) is 7.70. The SMILES string of the molecule is O=C(O)COCC(=O)NC1CCN(Cc2c(F)cccc2Cl)CC1. The highest BCUT2D eigenvalue weighted by Crippen LogP contribution is 2.22. The van der Waals surface area contributed by atoms with E-state index in [-0.39, 0.29) is 24.4 Å². The van der Waals surface area contributed by atoms with Gasteiger partial charge in [0.2, 0.25) is 5.91 Å². The van der Waals surface area contributed by atoms with Gasteiger partial charge in [-0.05, 0) is 25.0 Å². The third kappa shape index (κ3) is 5.74. The molecule has 2 N–H and O–H groups in total. The lowest BCUT2D eigenvalue weighted by Gasteiger charge is -2.32. The summed E-state index contributed by atoms with van der Waals surface area (Å²) in [6.07, 6.45) is 1.47. The normalized spacial score (nSPS) is 16.1. The van der Waals surface area contributed by atoms with Gasteiger partial charge in [-0.2, -0.15) is 0 Å². The highest BCUT2D eigenvalue weighted by molar-refractivity contribution is 6.31. The third-order valence-corrected chi connectivity index (χ3v) is 4.21. The molecule has 6 nitrogen and oxygen atoms in total. The van der Waals surface area contributed by atoms with Gasteiger partial charge in [0.05, 0.1) is 0 Å². The van der Waals surface area contributed by atoms with Gasteiger partial charge < -0.3 is 15.2 Å². The van der Waals surface area contributed by atoms with Crippen molar-refractivity contribution in [2.24, 2.45) is 0 Å². The highest BCUT2D eigenvalue weighted by Gasteiger charge is 2.22. The van der Waals surface area contributed by atoms with Crippen molar-refractivity contribution in [1.82, 2.24) is 10.2 Å². The fourth-order valence-electron chi connectivity index (χ4n) is 2.64. The topological polar surface area (TPSA) is 78.9 Å². The van der Waals surface area contributed by atoms with Crippen molar-refractivity contribution in [2.75, 3.05) is 26.3 Å². The zero-order chi connectivity index (χ0) is 17.5.